The first-order valence-electron chi connectivity index (χ1n) is 11.4. The van der Waals surface area contributed by atoms with Gasteiger partial charge in [0.15, 0.2) is 0 Å². The molecule has 2 amide bonds. The highest BCUT2D eigenvalue weighted by molar-refractivity contribution is 6.34. The van der Waals surface area contributed by atoms with Crippen molar-refractivity contribution in [2.24, 2.45) is 5.92 Å². The van der Waals surface area contributed by atoms with Gasteiger partial charge in [-0.3, -0.25) is 9.59 Å². The van der Waals surface area contributed by atoms with Gasteiger partial charge in [-0.2, -0.15) is 0 Å². The van der Waals surface area contributed by atoms with Crippen molar-refractivity contribution >= 4 is 23.4 Å². The Hall–Kier alpha value is -1.79. The standard InChI is InChI=1S/C24H35ClN2O4/c1-24(12-6-16-31-24)23(29)27-13-10-18(11-14-27)7-4-5-15-30-19-8-9-20(21(25)17-19)22(28)26(2)3/h8-9,17-18H,4-7,10-16H2,1-3H3/t24-/m1/s1. The zero-order valence-corrected chi connectivity index (χ0v) is 19.7. The van der Waals surface area contributed by atoms with E-state index in [2.05, 4.69) is 0 Å². The molecule has 0 aliphatic carbocycles. The largest absolute Gasteiger partial charge is 0.494 e. The van der Waals surface area contributed by atoms with Gasteiger partial charge in [0.25, 0.3) is 11.8 Å². The summed E-state index contributed by atoms with van der Waals surface area (Å²) in [7, 11) is 3.41. The van der Waals surface area contributed by atoms with Crippen molar-refractivity contribution < 1.29 is 19.1 Å². The average Bonchev–Trinajstić information content (AvgIpc) is 3.21. The van der Waals surface area contributed by atoms with Crippen LogP contribution in [0.3, 0.4) is 0 Å². The lowest BCUT2D eigenvalue weighted by molar-refractivity contribution is -0.152. The lowest BCUT2D eigenvalue weighted by Crippen LogP contribution is -2.49. The first kappa shape index (κ1) is 23.9. The summed E-state index contributed by atoms with van der Waals surface area (Å²) in [4.78, 5) is 28.3. The number of likely N-dealkylation sites (tertiary alicyclic amines) is 1. The Balaban J connectivity index is 1.33. The third-order valence-corrected chi connectivity index (χ3v) is 6.74. The molecule has 1 aromatic rings. The highest BCUT2D eigenvalue weighted by Gasteiger charge is 2.41. The van der Waals surface area contributed by atoms with Gasteiger partial charge in [0.05, 0.1) is 17.2 Å². The molecular weight excluding hydrogens is 416 g/mol. The maximum absolute atomic E-state index is 12.7. The zero-order chi connectivity index (χ0) is 22.4. The number of piperidine rings is 1. The number of rotatable bonds is 8. The van der Waals surface area contributed by atoms with Crippen molar-refractivity contribution in [1.29, 1.82) is 0 Å². The van der Waals surface area contributed by atoms with Gasteiger partial charge in [0.1, 0.15) is 11.4 Å². The van der Waals surface area contributed by atoms with Crippen LogP contribution in [0, 0.1) is 5.92 Å². The van der Waals surface area contributed by atoms with Gasteiger partial charge in [-0.25, -0.2) is 0 Å². The molecule has 1 aromatic carbocycles. The lowest BCUT2D eigenvalue weighted by Gasteiger charge is -2.36. The molecule has 0 aromatic heterocycles. The van der Waals surface area contributed by atoms with E-state index < -0.39 is 5.60 Å². The summed E-state index contributed by atoms with van der Waals surface area (Å²) < 4.78 is 11.5. The van der Waals surface area contributed by atoms with Gasteiger partial charge < -0.3 is 19.3 Å². The topological polar surface area (TPSA) is 59.1 Å². The van der Waals surface area contributed by atoms with Crippen LogP contribution >= 0.6 is 11.6 Å². The number of amides is 2. The normalized spacial score (nSPS) is 21.9. The van der Waals surface area contributed by atoms with Gasteiger partial charge >= 0.3 is 0 Å². The maximum atomic E-state index is 12.7. The van der Waals surface area contributed by atoms with E-state index in [-0.39, 0.29) is 11.8 Å². The van der Waals surface area contributed by atoms with Crippen LogP contribution in [0.25, 0.3) is 0 Å². The SMILES string of the molecule is CN(C)C(=O)c1ccc(OCCCCC2CCN(C(=O)[C@@]3(C)CCCO3)CC2)cc1Cl. The van der Waals surface area contributed by atoms with E-state index in [0.717, 1.165) is 58.0 Å². The van der Waals surface area contributed by atoms with Crippen molar-refractivity contribution in [2.75, 3.05) is 40.4 Å². The lowest BCUT2D eigenvalue weighted by atomic mass is 9.90. The maximum Gasteiger partial charge on any atom is 0.254 e. The summed E-state index contributed by atoms with van der Waals surface area (Å²) in [6.07, 6.45) is 7.19. The molecule has 0 saturated carbocycles. The molecule has 1 atom stereocenters. The summed E-state index contributed by atoms with van der Waals surface area (Å²) in [5.74, 6) is 1.42. The molecular formula is C24H35ClN2O4. The minimum absolute atomic E-state index is 0.117. The highest BCUT2D eigenvalue weighted by atomic mass is 35.5. The van der Waals surface area contributed by atoms with Crippen LogP contribution < -0.4 is 4.74 Å². The van der Waals surface area contributed by atoms with Crippen molar-refractivity contribution in [3.05, 3.63) is 28.8 Å². The summed E-state index contributed by atoms with van der Waals surface area (Å²) in [5, 5.41) is 0.411. The molecule has 2 saturated heterocycles. The third-order valence-electron chi connectivity index (χ3n) is 6.43. The molecule has 31 heavy (non-hydrogen) atoms. The van der Waals surface area contributed by atoms with E-state index in [0.29, 0.717) is 35.5 Å². The summed E-state index contributed by atoms with van der Waals surface area (Å²) in [6, 6.07) is 5.22. The smallest absolute Gasteiger partial charge is 0.254 e. The van der Waals surface area contributed by atoms with E-state index in [4.69, 9.17) is 21.1 Å². The molecule has 2 aliphatic rings. The van der Waals surface area contributed by atoms with Crippen LogP contribution in [-0.2, 0) is 9.53 Å². The van der Waals surface area contributed by atoms with Gasteiger partial charge in [-0.1, -0.05) is 18.0 Å². The number of nitrogens with zero attached hydrogens (tertiary/aromatic N) is 2. The van der Waals surface area contributed by atoms with Gasteiger partial charge in [-0.05, 0) is 69.6 Å². The fraction of sp³-hybridized carbons (Fsp3) is 0.667. The summed E-state index contributed by atoms with van der Waals surface area (Å²) in [5.41, 5.74) is -0.109. The Kier molecular flexibility index (Phi) is 8.23. The van der Waals surface area contributed by atoms with Gasteiger partial charge in [-0.15, -0.1) is 0 Å². The molecule has 0 spiro atoms. The third kappa shape index (κ3) is 6.13. The van der Waals surface area contributed by atoms with Gasteiger partial charge in [0.2, 0.25) is 0 Å². The van der Waals surface area contributed by atoms with Crippen molar-refractivity contribution in [2.45, 2.75) is 57.5 Å². The number of ether oxygens (including phenoxy) is 2. The van der Waals surface area contributed by atoms with Gasteiger partial charge in [0, 0.05) is 33.8 Å². The average molecular weight is 451 g/mol. The fourth-order valence-corrected chi connectivity index (χ4v) is 4.68. The molecule has 2 aliphatic heterocycles. The van der Waals surface area contributed by atoms with Crippen molar-refractivity contribution in [1.82, 2.24) is 9.80 Å². The zero-order valence-electron chi connectivity index (χ0n) is 19.0. The molecule has 3 rings (SSSR count). The predicted octanol–water partition coefficient (Wildman–Crippen LogP) is 4.40. The molecule has 0 radical (unpaired) electrons. The Labute approximate surface area is 190 Å². The summed E-state index contributed by atoms with van der Waals surface area (Å²) in [6.45, 7) is 4.95. The van der Waals surface area contributed by atoms with Crippen LogP contribution in [0.2, 0.25) is 5.02 Å². The van der Waals surface area contributed by atoms with E-state index in [1.807, 2.05) is 11.8 Å². The number of carbonyl (C=O) groups excluding carboxylic acids is 2. The molecule has 7 heteroatoms. The summed E-state index contributed by atoms with van der Waals surface area (Å²) >= 11 is 6.23. The molecule has 0 bridgehead atoms. The Morgan fingerprint density at radius 2 is 2.00 bits per heavy atom. The number of hydrogen-bond donors (Lipinski definition) is 0. The molecule has 2 fully saturated rings. The number of hydrogen-bond acceptors (Lipinski definition) is 4. The predicted molar refractivity (Wildman–Crippen MR) is 122 cm³/mol. The highest BCUT2D eigenvalue weighted by Crippen LogP contribution is 2.30. The molecule has 0 N–H and O–H groups in total. The number of benzene rings is 1. The van der Waals surface area contributed by atoms with E-state index in [1.165, 1.54) is 4.90 Å². The number of halogens is 1. The Bertz CT molecular complexity index is 769. The van der Waals surface area contributed by atoms with Crippen LogP contribution in [0.15, 0.2) is 18.2 Å². The quantitative estimate of drug-likeness (QED) is 0.551. The van der Waals surface area contributed by atoms with Crippen molar-refractivity contribution in [3.8, 4) is 5.75 Å². The van der Waals surface area contributed by atoms with E-state index in [9.17, 15) is 9.59 Å². The fourth-order valence-electron chi connectivity index (χ4n) is 4.43. The Morgan fingerprint density at radius 1 is 1.26 bits per heavy atom. The monoisotopic (exact) mass is 450 g/mol. The second kappa shape index (κ2) is 10.7. The first-order chi connectivity index (χ1) is 14.8. The molecule has 2 heterocycles. The van der Waals surface area contributed by atoms with Crippen LogP contribution in [0.4, 0.5) is 0 Å². The molecule has 172 valence electrons. The first-order valence-corrected chi connectivity index (χ1v) is 11.8. The second-order valence-corrected chi connectivity index (χ2v) is 9.51. The van der Waals surface area contributed by atoms with Crippen LogP contribution in [-0.4, -0.2) is 67.6 Å². The minimum Gasteiger partial charge on any atom is -0.494 e. The Morgan fingerprint density at radius 3 is 2.61 bits per heavy atom. The number of carbonyl (C=O) groups is 2. The van der Waals surface area contributed by atoms with E-state index >= 15 is 0 Å². The van der Waals surface area contributed by atoms with Crippen LogP contribution in [0.1, 0.15) is 62.2 Å². The molecule has 6 nitrogen and oxygen atoms in total. The number of unbranched alkanes of at least 4 members (excludes halogenated alkanes) is 1. The van der Waals surface area contributed by atoms with E-state index in [1.54, 1.807) is 32.3 Å². The van der Waals surface area contributed by atoms with Crippen LogP contribution in [0.5, 0.6) is 5.75 Å². The van der Waals surface area contributed by atoms with Crippen molar-refractivity contribution in [3.63, 3.8) is 0 Å². The second-order valence-electron chi connectivity index (χ2n) is 9.10. The molecule has 0 unspecified atom stereocenters. The minimum atomic E-state index is -0.592.